The van der Waals surface area contributed by atoms with Crippen molar-refractivity contribution in [3.05, 3.63) is 59.7 Å². The summed E-state index contributed by atoms with van der Waals surface area (Å²) in [4.78, 5) is 25.8. The van der Waals surface area contributed by atoms with E-state index in [-0.39, 0.29) is 18.4 Å². The molecular formula is C20H22N2O3. The van der Waals surface area contributed by atoms with Crippen molar-refractivity contribution >= 4 is 17.5 Å². The number of hydrogen-bond acceptors (Lipinski definition) is 3. The third-order valence-corrected chi connectivity index (χ3v) is 4.26. The summed E-state index contributed by atoms with van der Waals surface area (Å²) in [6, 6.07) is 15.7. The highest BCUT2D eigenvalue weighted by molar-refractivity contribution is 5.95. The lowest BCUT2D eigenvalue weighted by Crippen LogP contribution is -2.30. The molecule has 0 aromatic heterocycles. The van der Waals surface area contributed by atoms with Crippen LogP contribution in [0.5, 0.6) is 5.75 Å². The summed E-state index contributed by atoms with van der Waals surface area (Å²) in [5, 5.41) is 2.80. The molecule has 0 unspecified atom stereocenters. The second-order valence-corrected chi connectivity index (χ2v) is 6.06. The van der Waals surface area contributed by atoms with Crippen molar-refractivity contribution < 1.29 is 14.3 Å². The number of ether oxygens (including phenoxy) is 1. The van der Waals surface area contributed by atoms with Crippen LogP contribution in [-0.4, -0.2) is 29.9 Å². The fraction of sp³-hybridized carbons (Fsp3) is 0.300. The molecule has 0 bridgehead atoms. The normalized spacial score (nSPS) is 12.8. The maximum absolute atomic E-state index is 12.5. The molecule has 3 rings (SSSR count). The minimum atomic E-state index is -0.152. The van der Waals surface area contributed by atoms with Crippen molar-refractivity contribution in [2.24, 2.45) is 0 Å². The summed E-state index contributed by atoms with van der Waals surface area (Å²) in [6.45, 7) is 3.36. The summed E-state index contributed by atoms with van der Waals surface area (Å²) in [6.07, 6.45) is 1.07. The van der Waals surface area contributed by atoms with Crippen LogP contribution in [-0.2, 0) is 22.6 Å². The van der Waals surface area contributed by atoms with Crippen molar-refractivity contribution in [2.75, 3.05) is 18.5 Å². The molecular weight excluding hydrogens is 316 g/mol. The van der Waals surface area contributed by atoms with E-state index in [1.165, 1.54) is 0 Å². The highest BCUT2D eigenvalue weighted by Gasteiger charge is 2.17. The van der Waals surface area contributed by atoms with E-state index in [0.717, 1.165) is 11.1 Å². The van der Waals surface area contributed by atoms with Crippen molar-refractivity contribution in [2.45, 2.75) is 26.3 Å². The molecule has 1 N–H and O–H groups in total. The minimum Gasteiger partial charge on any atom is -0.482 e. The molecule has 5 heteroatoms. The van der Waals surface area contributed by atoms with Crippen LogP contribution in [0, 0.1) is 0 Å². The van der Waals surface area contributed by atoms with Crippen LogP contribution in [0.25, 0.3) is 0 Å². The van der Waals surface area contributed by atoms with Gasteiger partial charge in [-0.05, 0) is 36.6 Å². The molecule has 2 aromatic carbocycles. The van der Waals surface area contributed by atoms with Gasteiger partial charge in [0.05, 0.1) is 5.69 Å². The third-order valence-electron chi connectivity index (χ3n) is 4.26. The van der Waals surface area contributed by atoms with Gasteiger partial charge in [-0.3, -0.25) is 9.59 Å². The molecule has 1 aliphatic rings. The number of carbonyl (C=O) groups excluding carboxylic acids is 2. The summed E-state index contributed by atoms with van der Waals surface area (Å²) in [7, 11) is 0. The van der Waals surface area contributed by atoms with Crippen molar-refractivity contribution in [1.82, 2.24) is 4.90 Å². The van der Waals surface area contributed by atoms with Crippen LogP contribution in [0.1, 0.15) is 24.5 Å². The van der Waals surface area contributed by atoms with Crippen molar-refractivity contribution in [1.29, 1.82) is 0 Å². The molecule has 1 aliphatic heterocycles. The Balaban J connectivity index is 1.59. The summed E-state index contributed by atoms with van der Waals surface area (Å²) in [5.74, 6) is 0.652. The number of benzene rings is 2. The van der Waals surface area contributed by atoms with E-state index in [1.54, 1.807) is 0 Å². The molecule has 0 fully saturated rings. The predicted molar refractivity (Wildman–Crippen MR) is 96.4 cm³/mol. The highest BCUT2D eigenvalue weighted by Crippen LogP contribution is 2.28. The van der Waals surface area contributed by atoms with E-state index in [4.69, 9.17) is 4.74 Å². The molecule has 5 nitrogen and oxygen atoms in total. The minimum absolute atomic E-state index is 0.0514. The first-order chi connectivity index (χ1) is 12.2. The van der Waals surface area contributed by atoms with Gasteiger partial charge in [0, 0.05) is 19.5 Å². The highest BCUT2D eigenvalue weighted by atomic mass is 16.5. The zero-order chi connectivity index (χ0) is 17.6. The second kappa shape index (κ2) is 7.83. The Kier molecular flexibility index (Phi) is 5.33. The zero-order valence-corrected chi connectivity index (χ0v) is 14.3. The monoisotopic (exact) mass is 338 g/mol. The van der Waals surface area contributed by atoms with Gasteiger partial charge in [-0.2, -0.15) is 0 Å². The van der Waals surface area contributed by atoms with Gasteiger partial charge in [0.1, 0.15) is 5.75 Å². The number of hydrogen-bond donors (Lipinski definition) is 1. The van der Waals surface area contributed by atoms with Crippen LogP contribution in [0.15, 0.2) is 48.5 Å². The molecule has 0 spiro atoms. The Hall–Kier alpha value is -2.82. The second-order valence-electron chi connectivity index (χ2n) is 6.06. The van der Waals surface area contributed by atoms with Gasteiger partial charge in [-0.25, -0.2) is 0 Å². The van der Waals surface area contributed by atoms with Crippen LogP contribution in [0.2, 0.25) is 0 Å². The van der Waals surface area contributed by atoms with Gasteiger partial charge in [-0.15, -0.1) is 0 Å². The van der Waals surface area contributed by atoms with Gasteiger partial charge in [0.25, 0.3) is 5.91 Å². The maximum Gasteiger partial charge on any atom is 0.262 e. The third kappa shape index (κ3) is 4.38. The number of rotatable bonds is 6. The Labute approximate surface area is 147 Å². The number of fused-ring (bicyclic) bond motifs is 1. The van der Waals surface area contributed by atoms with Crippen LogP contribution in [0.4, 0.5) is 5.69 Å². The smallest absolute Gasteiger partial charge is 0.262 e. The fourth-order valence-electron chi connectivity index (χ4n) is 2.88. The van der Waals surface area contributed by atoms with Crippen LogP contribution >= 0.6 is 0 Å². The molecule has 0 saturated heterocycles. The fourth-order valence-corrected chi connectivity index (χ4v) is 2.88. The molecule has 0 aliphatic carbocycles. The number of carbonyl (C=O) groups is 2. The van der Waals surface area contributed by atoms with Gasteiger partial charge in [-0.1, -0.05) is 36.4 Å². The van der Waals surface area contributed by atoms with E-state index < -0.39 is 0 Å². The van der Waals surface area contributed by atoms with E-state index in [0.29, 0.717) is 37.4 Å². The van der Waals surface area contributed by atoms with Gasteiger partial charge >= 0.3 is 0 Å². The average Bonchev–Trinajstić information content (AvgIpc) is 2.64. The Morgan fingerprint density at radius 2 is 1.96 bits per heavy atom. The maximum atomic E-state index is 12.5. The molecule has 25 heavy (non-hydrogen) atoms. The van der Waals surface area contributed by atoms with E-state index in [2.05, 4.69) is 5.32 Å². The average molecular weight is 338 g/mol. The Bertz CT molecular complexity index is 759. The predicted octanol–water partition coefficient (Wildman–Crippen LogP) is 3.00. The standard InChI is InChI=1S/C20H22N2O3/c1-2-22(13-16-6-4-3-5-7-16)20(24)11-9-15-8-10-18-17(12-15)21-19(23)14-25-18/h3-8,10,12H,2,9,11,13-14H2,1H3,(H,21,23). The zero-order valence-electron chi connectivity index (χ0n) is 14.3. The van der Waals surface area contributed by atoms with Gasteiger partial charge in [0.15, 0.2) is 6.61 Å². The number of nitrogens with one attached hydrogen (secondary N) is 1. The van der Waals surface area contributed by atoms with Crippen LogP contribution in [0.3, 0.4) is 0 Å². The molecule has 2 amide bonds. The SMILES string of the molecule is CCN(Cc1ccccc1)C(=O)CCc1ccc2c(c1)NC(=O)CO2. The first-order valence-electron chi connectivity index (χ1n) is 8.53. The van der Waals surface area contributed by atoms with E-state index in [1.807, 2.05) is 60.4 Å². The Morgan fingerprint density at radius 1 is 1.16 bits per heavy atom. The summed E-state index contributed by atoms with van der Waals surface area (Å²) in [5.41, 5.74) is 2.82. The van der Waals surface area contributed by atoms with E-state index in [9.17, 15) is 9.59 Å². The topological polar surface area (TPSA) is 58.6 Å². The lowest BCUT2D eigenvalue weighted by atomic mass is 10.1. The molecule has 1 heterocycles. The lowest BCUT2D eigenvalue weighted by molar-refractivity contribution is -0.131. The number of nitrogens with zero attached hydrogens (tertiary/aromatic N) is 1. The number of aryl methyl sites for hydroxylation is 1. The van der Waals surface area contributed by atoms with Crippen LogP contribution < -0.4 is 10.1 Å². The summed E-state index contributed by atoms with van der Waals surface area (Å²) >= 11 is 0. The molecule has 0 atom stereocenters. The van der Waals surface area contributed by atoms with Crippen molar-refractivity contribution in [3.8, 4) is 5.75 Å². The van der Waals surface area contributed by atoms with Gasteiger partial charge < -0.3 is 15.0 Å². The van der Waals surface area contributed by atoms with Gasteiger partial charge in [0.2, 0.25) is 5.91 Å². The lowest BCUT2D eigenvalue weighted by Gasteiger charge is -2.21. The molecule has 0 saturated carbocycles. The quantitative estimate of drug-likeness (QED) is 0.881. The van der Waals surface area contributed by atoms with E-state index >= 15 is 0 Å². The largest absolute Gasteiger partial charge is 0.482 e. The number of amides is 2. The molecule has 130 valence electrons. The molecule has 0 radical (unpaired) electrons. The molecule has 2 aromatic rings. The summed E-state index contributed by atoms with van der Waals surface area (Å²) < 4.78 is 5.35. The van der Waals surface area contributed by atoms with Crippen molar-refractivity contribution in [3.63, 3.8) is 0 Å². The number of anilines is 1. The first kappa shape index (κ1) is 17.0. The first-order valence-corrected chi connectivity index (χ1v) is 8.53. The Morgan fingerprint density at radius 3 is 2.72 bits per heavy atom.